The maximum atomic E-state index is 11.9. The van der Waals surface area contributed by atoms with E-state index in [0.29, 0.717) is 17.9 Å². The molecule has 0 saturated carbocycles. The van der Waals surface area contributed by atoms with Gasteiger partial charge in [-0.2, -0.15) is 0 Å². The predicted molar refractivity (Wildman–Crippen MR) is 75.9 cm³/mol. The van der Waals surface area contributed by atoms with Crippen molar-refractivity contribution in [1.29, 1.82) is 0 Å². The maximum absolute atomic E-state index is 11.9. The van der Waals surface area contributed by atoms with Crippen LogP contribution in [0.5, 0.6) is 5.75 Å². The van der Waals surface area contributed by atoms with Gasteiger partial charge in [0.15, 0.2) is 0 Å². The molecule has 1 aromatic carbocycles. The Hall–Kier alpha value is -1.88. The van der Waals surface area contributed by atoms with Crippen LogP contribution in [-0.2, 0) is 6.42 Å². The Morgan fingerprint density at radius 3 is 3.00 bits per heavy atom. The molecule has 4 nitrogen and oxygen atoms in total. The number of nitrogens with zero attached hydrogens (tertiary/aromatic N) is 1. The third-order valence-corrected chi connectivity index (χ3v) is 3.81. The predicted octanol–water partition coefficient (Wildman–Crippen LogP) is 2.43. The van der Waals surface area contributed by atoms with E-state index in [1.165, 1.54) is 4.88 Å². The first-order chi connectivity index (χ1) is 9.20. The SMILES string of the molecule is COc1cccc(C(=O)NCCc2scnc2C)c1. The fraction of sp³-hybridized carbons (Fsp3) is 0.286. The number of carbonyl (C=O) groups excluding carboxylic acids is 1. The number of rotatable bonds is 5. The van der Waals surface area contributed by atoms with Crippen molar-refractivity contribution in [1.82, 2.24) is 10.3 Å². The molecule has 0 aliphatic rings. The van der Waals surface area contributed by atoms with Gasteiger partial charge >= 0.3 is 0 Å². The van der Waals surface area contributed by atoms with E-state index in [2.05, 4.69) is 10.3 Å². The highest BCUT2D eigenvalue weighted by molar-refractivity contribution is 7.09. The normalized spacial score (nSPS) is 10.2. The van der Waals surface area contributed by atoms with Crippen molar-refractivity contribution in [3.63, 3.8) is 0 Å². The minimum Gasteiger partial charge on any atom is -0.497 e. The number of aromatic nitrogens is 1. The molecule has 2 aromatic rings. The van der Waals surface area contributed by atoms with Crippen LogP contribution in [0.3, 0.4) is 0 Å². The highest BCUT2D eigenvalue weighted by Crippen LogP contribution is 2.13. The van der Waals surface area contributed by atoms with Crippen LogP contribution in [0.4, 0.5) is 0 Å². The quantitative estimate of drug-likeness (QED) is 0.912. The number of carbonyl (C=O) groups is 1. The second kappa shape index (κ2) is 6.33. The van der Waals surface area contributed by atoms with Crippen LogP contribution in [0.2, 0.25) is 0 Å². The number of hydrogen-bond donors (Lipinski definition) is 1. The standard InChI is InChI=1S/C14H16N2O2S/c1-10-13(19-9-16-10)6-7-15-14(17)11-4-3-5-12(8-11)18-2/h3-5,8-9H,6-7H2,1-2H3,(H,15,17). The van der Waals surface area contributed by atoms with Gasteiger partial charge in [-0.25, -0.2) is 4.98 Å². The van der Waals surface area contributed by atoms with E-state index >= 15 is 0 Å². The van der Waals surface area contributed by atoms with Crippen molar-refractivity contribution in [2.24, 2.45) is 0 Å². The molecule has 0 spiro atoms. The van der Waals surface area contributed by atoms with E-state index in [9.17, 15) is 4.79 Å². The van der Waals surface area contributed by atoms with Gasteiger partial charge < -0.3 is 10.1 Å². The lowest BCUT2D eigenvalue weighted by Crippen LogP contribution is -2.25. The first-order valence-corrected chi connectivity index (χ1v) is 6.90. The van der Waals surface area contributed by atoms with E-state index in [1.807, 2.05) is 18.5 Å². The monoisotopic (exact) mass is 276 g/mol. The summed E-state index contributed by atoms with van der Waals surface area (Å²) in [4.78, 5) is 17.3. The Morgan fingerprint density at radius 2 is 2.32 bits per heavy atom. The smallest absolute Gasteiger partial charge is 0.251 e. The lowest BCUT2D eigenvalue weighted by molar-refractivity contribution is 0.0954. The molecular weight excluding hydrogens is 260 g/mol. The van der Waals surface area contributed by atoms with Gasteiger partial charge in [-0.1, -0.05) is 6.07 Å². The van der Waals surface area contributed by atoms with Crippen LogP contribution in [0, 0.1) is 6.92 Å². The molecule has 0 radical (unpaired) electrons. The summed E-state index contributed by atoms with van der Waals surface area (Å²) in [7, 11) is 1.59. The van der Waals surface area contributed by atoms with Crippen LogP contribution in [0.1, 0.15) is 20.9 Å². The second-order valence-electron chi connectivity index (χ2n) is 4.10. The lowest BCUT2D eigenvalue weighted by atomic mass is 10.2. The van der Waals surface area contributed by atoms with Gasteiger partial charge in [0.1, 0.15) is 5.75 Å². The van der Waals surface area contributed by atoms with Crippen molar-refractivity contribution in [2.75, 3.05) is 13.7 Å². The Morgan fingerprint density at radius 1 is 1.47 bits per heavy atom. The third kappa shape index (κ3) is 3.54. The van der Waals surface area contributed by atoms with E-state index in [0.717, 1.165) is 12.1 Å². The minimum absolute atomic E-state index is 0.0823. The van der Waals surface area contributed by atoms with Crippen molar-refractivity contribution >= 4 is 17.2 Å². The molecule has 0 saturated heterocycles. The van der Waals surface area contributed by atoms with Crippen LogP contribution in [-0.4, -0.2) is 24.5 Å². The van der Waals surface area contributed by atoms with Crippen molar-refractivity contribution in [2.45, 2.75) is 13.3 Å². The van der Waals surface area contributed by atoms with Crippen LogP contribution in [0.15, 0.2) is 29.8 Å². The number of hydrogen-bond acceptors (Lipinski definition) is 4. The average molecular weight is 276 g/mol. The van der Waals surface area contributed by atoms with E-state index in [1.54, 1.807) is 36.6 Å². The molecule has 0 fully saturated rings. The van der Waals surface area contributed by atoms with Crippen LogP contribution in [0.25, 0.3) is 0 Å². The number of thiazole rings is 1. The van der Waals surface area contributed by atoms with E-state index < -0.39 is 0 Å². The molecule has 19 heavy (non-hydrogen) atoms. The number of nitrogens with one attached hydrogen (secondary N) is 1. The molecule has 1 N–H and O–H groups in total. The number of methoxy groups -OCH3 is 1. The van der Waals surface area contributed by atoms with Gasteiger partial charge in [0.2, 0.25) is 0 Å². The topological polar surface area (TPSA) is 51.2 Å². The van der Waals surface area contributed by atoms with Crippen molar-refractivity contribution in [3.8, 4) is 5.75 Å². The first kappa shape index (κ1) is 13.5. The van der Waals surface area contributed by atoms with Gasteiger partial charge in [-0.05, 0) is 25.1 Å². The van der Waals surface area contributed by atoms with Gasteiger partial charge in [-0.3, -0.25) is 4.79 Å². The number of amides is 1. The summed E-state index contributed by atoms with van der Waals surface area (Å²) >= 11 is 1.62. The summed E-state index contributed by atoms with van der Waals surface area (Å²) in [6.45, 7) is 2.59. The molecule has 1 amide bonds. The van der Waals surface area contributed by atoms with E-state index in [4.69, 9.17) is 4.74 Å². The Labute approximate surface area is 116 Å². The number of benzene rings is 1. The first-order valence-electron chi connectivity index (χ1n) is 6.02. The number of aryl methyl sites for hydroxylation is 1. The fourth-order valence-corrected chi connectivity index (χ4v) is 2.50. The average Bonchev–Trinajstić information content (AvgIpc) is 2.84. The third-order valence-electron chi connectivity index (χ3n) is 2.81. The van der Waals surface area contributed by atoms with Crippen molar-refractivity contribution in [3.05, 3.63) is 45.9 Å². The molecule has 1 aromatic heterocycles. The van der Waals surface area contributed by atoms with E-state index in [-0.39, 0.29) is 5.91 Å². The second-order valence-corrected chi connectivity index (χ2v) is 5.04. The summed E-state index contributed by atoms with van der Waals surface area (Å²) < 4.78 is 5.10. The summed E-state index contributed by atoms with van der Waals surface area (Å²) in [6.07, 6.45) is 0.812. The van der Waals surface area contributed by atoms with Gasteiger partial charge in [0.05, 0.1) is 18.3 Å². The number of ether oxygens (including phenoxy) is 1. The largest absolute Gasteiger partial charge is 0.497 e. The minimum atomic E-state index is -0.0823. The van der Waals surface area contributed by atoms with Gasteiger partial charge in [0, 0.05) is 23.4 Å². The molecular formula is C14H16N2O2S. The Kier molecular flexibility index (Phi) is 4.52. The van der Waals surface area contributed by atoms with Gasteiger partial charge in [0.25, 0.3) is 5.91 Å². The fourth-order valence-electron chi connectivity index (χ4n) is 1.72. The molecule has 0 aliphatic heterocycles. The summed E-state index contributed by atoms with van der Waals surface area (Å²) in [5.41, 5.74) is 3.48. The zero-order chi connectivity index (χ0) is 13.7. The molecule has 0 unspecified atom stereocenters. The summed E-state index contributed by atoms with van der Waals surface area (Å²) in [5, 5.41) is 2.90. The molecule has 0 bridgehead atoms. The molecule has 5 heteroatoms. The molecule has 100 valence electrons. The van der Waals surface area contributed by atoms with Gasteiger partial charge in [-0.15, -0.1) is 11.3 Å². The van der Waals surface area contributed by atoms with Crippen molar-refractivity contribution < 1.29 is 9.53 Å². The molecule has 2 rings (SSSR count). The molecule has 1 heterocycles. The molecule has 0 atom stereocenters. The lowest BCUT2D eigenvalue weighted by Gasteiger charge is -2.06. The zero-order valence-corrected chi connectivity index (χ0v) is 11.8. The Bertz CT molecular complexity index is 566. The summed E-state index contributed by atoms with van der Waals surface area (Å²) in [6, 6.07) is 7.13. The van der Waals surface area contributed by atoms with Crippen LogP contribution >= 0.6 is 11.3 Å². The zero-order valence-electron chi connectivity index (χ0n) is 11.0. The Balaban J connectivity index is 1.89. The highest BCUT2D eigenvalue weighted by Gasteiger charge is 2.07. The summed E-state index contributed by atoms with van der Waals surface area (Å²) in [5.74, 6) is 0.604. The van der Waals surface area contributed by atoms with Crippen LogP contribution < -0.4 is 10.1 Å². The molecule has 0 aliphatic carbocycles. The maximum Gasteiger partial charge on any atom is 0.251 e. The highest BCUT2D eigenvalue weighted by atomic mass is 32.1.